The quantitative estimate of drug-likeness (QED) is 0.686. The van der Waals surface area contributed by atoms with Gasteiger partial charge in [0.2, 0.25) is 5.91 Å². The number of carbonyl (C=O) groups is 1. The van der Waals surface area contributed by atoms with E-state index in [1.165, 1.54) is 6.42 Å². The molecule has 1 aliphatic heterocycles. The lowest BCUT2D eigenvalue weighted by molar-refractivity contribution is -0.122. The van der Waals surface area contributed by atoms with E-state index in [1.54, 1.807) is 0 Å². The van der Waals surface area contributed by atoms with E-state index in [9.17, 15) is 4.79 Å². The topological polar surface area (TPSA) is 38.3 Å². The van der Waals surface area contributed by atoms with Crippen LogP contribution in [0.3, 0.4) is 0 Å². The molecule has 3 heteroatoms. The van der Waals surface area contributed by atoms with E-state index >= 15 is 0 Å². The Kier molecular flexibility index (Phi) is 5.60. The van der Waals surface area contributed by atoms with E-state index in [4.69, 9.17) is 4.74 Å². The number of amides is 1. The van der Waals surface area contributed by atoms with Crippen LogP contribution in [-0.4, -0.2) is 25.2 Å². The fraction of sp³-hybridized carbons (Fsp3) is 0.909. The first-order valence-corrected chi connectivity index (χ1v) is 5.70. The molecule has 0 unspecified atom stereocenters. The van der Waals surface area contributed by atoms with Crippen molar-refractivity contribution in [3.8, 4) is 0 Å². The zero-order valence-corrected chi connectivity index (χ0v) is 9.05. The van der Waals surface area contributed by atoms with Crippen molar-refractivity contribution in [2.75, 3.05) is 13.2 Å². The van der Waals surface area contributed by atoms with Crippen molar-refractivity contribution in [1.82, 2.24) is 5.32 Å². The maximum Gasteiger partial charge on any atom is 0.220 e. The van der Waals surface area contributed by atoms with Crippen molar-refractivity contribution in [3.05, 3.63) is 0 Å². The standard InChI is InChI=1S/C11H21NO2/c1-2-3-4-5-11(13)12-10-6-8-14-9-7-10/h10H,2-9H2,1H3,(H,12,13). The summed E-state index contributed by atoms with van der Waals surface area (Å²) in [6.07, 6.45) is 5.97. The highest BCUT2D eigenvalue weighted by atomic mass is 16.5. The van der Waals surface area contributed by atoms with Crippen LogP contribution in [0.25, 0.3) is 0 Å². The molecule has 0 radical (unpaired) electrons. The van der Waals surface area contributed by atoms with Crippen LogP contribution in [0.4, 0.5) is 0 Å². The average Bonchev–Trinajstić information content (AvgIpc) is 2.20. The predicted molar refractivity (Wildman–Crippen MR) is 56.1 cm³/mol. The second-order valence-electron chi connectivity index (χ2n) is 3.91. The molecule has 0 aromatic carbocycles. The lowest BCUT2D eigenvalue weighted by atomic mass is 10.1. The summed E-state index contributed by atoms with van der Waals surface area (Å²) in [5.41, 5.74) is 0. The number of nitrogens with one attached hydrogen (secondary N) is 1. The molecule has 0 aromatic heterocycles. The van der Waals surface area contributed by atoms with Gasteiger partial charge in [0.05, 0.1) is 0 Å². The summed E-state index contributed by atoms with van der Waals surface area (Å²) in [4.78, 5) is 11.4. The van der Waals surface area contributed by atoms with Crippen LogP contribution < -0.4 is 5.32 Å². The largest absolute Gasteiger partial charge is 0.381 e. The lowest BCUT2D eigenvalue weighted by Gasteiger charge is -2.23. The van der Waals surface area contributed by atoms with Crippen LogP contribution in [0.5, 0.6) is 0 Å². The molecule has 0 saturated carbocycles. The third kappa shape index (κ3) is 4.61. The summed E-state index contributed by atoms with van der Waals surface area (Å²) in [6.45, 7) is 3.73. The third-order valence-corrected chi connectivity index (χ3v) is 2.59. The Balaban J connectivity index is 2.06. The Morgan fingerprint density at radius 2 is 2.07 bits per heavy atom. The highest BCUT2D eigenvalue weighted by Crippen LogP contribution is 2.07. The van der Waals surface area contributed by atoms with Crippen molar-refractivity contribution in [3.63, 3.8) is 0 Å². The Bertz CT molecular complexity index is 165. The van der Waals surface area contributed by atoms with E-state index in [2.05, 4.69) is 12.2 Å². The maximum absolute atomic E-state index is 11.4. The lowest BCUT2D eigenvalue weighted by Crippen LogP contribution is -2.38. The first kappa shape index (κ1) is 11.5. The second-order valence-corrected chi connectivity index (χ2v) is 3.91. The molecule has 1 amide bonds. The Morgan fingerprint density at radius 3 is 2.71 bits per heavy atom. The summed E-state index contributed by atoms with van der Waals surface area (Å²) in [5.74, 6) is 0.213. The maximum atomic E-state index is 11.4. The van der Waals surface area contributed by atoms with Gasteiger partial charge in [-0.2, -0.15) is 0 Å². The summed E-state index contributed by atoms with van der Waals surface area (Å²) >= 11 is 0. The normalized spacial score (nSPS) is 18.1. The third-order valence-electron chi connectivity index (χ3n) is 2.59. The molecule has 3 nitrogen and oxygen atoms in total. The first-order chi connectivity index (χ1) is 6.83. The Hall–Kier alpha value is -0.570. The summed E-state index contributed by atoms with van der Waals surface area (Å²) < 4.78 is 5.23. The van der Waals surface area contributed by atoms with Gasteiger partial charge in [-0.3, -0.25) is 4.79 Å². The van der Waals surface area contributed by atoms with Gasteiger partial charge >= 0.3 is 0 Å². The van der Waals surface area contributed by atoms with Crippen LogP contribution in [0.2, 0.25) is 0 Å². The number of rotatable bonds is 5. The molecule has 14 heavy (non-hydrogen) atoms. The number of hydrogen-bond donors (Lipinski definition) is 1. The van der Waals surface area contributed by atoms with Crippen LogP contribution in [0.15, 0.2) is 0 Å². The molecule has 1 N–H and O–H groups in total. The molecule has 1 saturated heterocycles. The molecule has 0 aliphatic carbocycles. The summed E-state index contributed by atoms with van der Waals surface area (Å²) in [5, 5.41) is 3.06. The van der Waals surface area contributed by atoms with E-state index in [1.807, 2.05) is 0 Å². The van der Waals surface area contributed by atoms with Gasteiger partial charge in [-0.05, 0) is 19.3 Å². The van der Waals surface area contributed by atoms with Gasteiger partial charge in [-0.15, -0.1) is 0 Å². The Labute approximate surface area is 86.2 Å². The highest BCUT2D eigenvalue weighted by molar-refractivity contribution is 5.76. The van der Waals surface area contributed by atoms with Crippen molar-refractivity contribution >= 4 is 5.91 Å². The van der Waals surface area contributed by atoms with Gasteiger partial charge in [0.15, 0.2) is 0 Å². The molecule has 1 aliphatic rings. The summed E-state index contributed by atoms with van der Waals surface area (Å²) in [6, 6.07) is 0.359. The molecule has 1 fully saturated rings. The van der Waals surface area contributed by atoms with Crippen molar-refractivity contribution in [1.29, 1.82) is 0 Å². The van der Waals surface area contributed by atoms with Crippen LogP contribution in [0, 0.1) is 0 Å². The Morgan fingerprint density at radius 1 is 1.36 bits per heavy atom. The first-order valence-electron chi connectivity index (χ1n) is 5.70. The van der Waals surface area contributed by atoms with Crippen LogP contribution in [-0.2, 0) is 9.53 Å². The van der Waals surface area contributed by atoms with Gasteiger partial charge in [0.25, 0.3) is 0 Å². The number of hydrogen-bond acceptors (Lipinski definition) is 2. The number of unbranched alkanes of at least 4 members (excludes halogenated alkanes) is 2. The molecule has 82 valence electrons. The predicted octanol–water partition coefficient (Wildman–Crippen LogP) is 1.86. The van der Waals surface area contributed by atoms with E-state index in [-0.39, 0.29) is 5.91 Å². The van der Waals surface area contributed by atoms with E-state index in [0.29, 0.717) is 12.5 Å². The zero-order chi connectivity index (χ0) is 10.2. The summed E-state index contributed by atoms with van der Waals surface area (Å²) in [7, 11) is 0. The van der Waals surface area contributed by atoms with Crippen molar-refractivity contribution in [2.24, 2.45) is 0 Å². The molecular weight excluding hydrogens is 178 g/mol. The van der Waals surface area contributed by atoms with Gasteiger partial charge in [0.1, 0.15) is 0 Å². The molecule has 0 bridgehead atoms. The van der Waals surface area contributed by atoms with Gasteiger partial charge in [-0.1, -0.05) is 19.8 Å². The molecule has 0 aromatic rings. The molecule has 1 heterocycles. The number of ether oxygens (including phenoxy) is 1. The fourth-order valence-corrected chi connectivity index (χ4v) is 1.68. The van der Waals surface area contributed by atoms with Crippen molar-refractivity contribution in [2.45, 2.75) is 51.5 Å². The van der Waals surface area contributed by atoms with Crippen molar-refractivity contribution < 1.29 is 9.53 Å². The molecule has 0 spiro atoms. The average molecular weight is 199 g/mol. The zero-order valence-electron chi connectivity index (χ0n) is 9.05. The fourth-order valence-electron chi connectivity index (χ4n) is 1.68. The minimum Gasteiger partial charge on any atom is -0.381 e. The second kappa shape index (κ2) is 6.82. The SMILES string of the molecule is CCCCCC(=O)NC1CCOCC1. The van der Waals surface area contributed by atoms with Crippen LogP contribution in [0.1, 0.15) is 45.4 Å². The van der Waals surface area contributed by atoms with E-state index in [0.717, 1.165) is 38.9 Å². The monoisotopic (exact) mass is 199 g/mol. The molecular formula is C11H21NO2. The van der Waals surface area contributed by atoms with Crippen LogP contribution >= 0.6 is 0 Å². The van der Waals surface area contributed by atoms with E-state index < -0.39 is 0 Å². The highest BCUT2D eigenvalue weighted by Gasteiger charge is 2.15. The minimum absolute atomic E-state index is 0.213. The smallest absolute Gasteiger partial charge is 0.220 e. The number of carbonyl (C=O) groups excluding carboxylic acids is 1. The van der Waals surface area contributed by atoms with Gasteiger partial charge < -0.3 is 10.1 Å². The van der Waals surface area contributed by atoms with Gasteiger partial charge in [-0.25, -0.2) is 0 Å². The molecule has 1 rings (SSSR count). The minimum atomic E-state index is 0.213. The van der Waals surface area contributed by atoms with Gasteiger partial charge in [0, 0.05) is 25.7 Å². The molecule has 0 atom stereocenters.